The number of para-hydroxylation sites is 1. The maximum atomic E-state index is 12.1. The predicted molar refractivity (Wildman–Crippen MR) is 104 cm³/mol. The molecule has 0 fully saturated rings. The molecular formula is C20H21ClN2O5. The molecule has 0 bridgehead atoms. The minimum absolute atomic E-state index is 0.295. The summed E-state index contributed by atoms with van der Waals surface area (Å²) in [6.07, 6.45) is 0. The van der Waals surface area contributed by atoms with Gasteiger partial charge in [0.15, 0.2) is 6.61 Å². The Bertz CT molecular complexity index is 856. The number of rotatable bonds is 8. The fourth-order valence-electron chi connectivity index (χ4n) is 2.46. The summed E-state index contributed by atoms with van der Waals surface area (Å²) in [5.74, 6) is -1.30. The highest BCUT2D eigenvalue weighted by Gasteiger charge is 2.16. The zero-order valence-corrected chi connectivity index (χ0v) is 16.3. The van der Waals surface area contributed by atoms with E-state index in [0.29, 0.717) is 16.3 Å². The van der Waals surface area contributed by atoms with Crippen LogP contribution in [0.2, 0.25) is 5.02 Å². The van der Waals surface area contributed by atoms with Crippen LogP contribution < -0.4 is 15.4 Å². The van der Waals surface area contributed by atoms with E-state index >= 15 is 0 Å². The zero-order valence-electron chi connectivity index (χ0n) is 15.5. The molecule has 2 aromatic carbocycles. The van der Waals surface area contributed by atoms with Gasteiger partial charge in [0.2, 0.25) is 0 Å². The second-order valence-electron chi connectivity index (χ2n) is 5.85. The van der Waals surface area contributed by atoms with Gasteiger partial charge in [-0.25, -0.2) is 0 Å². The van der Waals surface area contributed by atoms with Crippen molar-refractivity contribution >= 4 is 29.4 Å². The van der Waals surface area contributed by atoms with Crippen molar-refractivity contribution in [2.24, 2.45) is 0 Å². The lowest BCUT2D eigenvalue weighted by molar-refractivity contribution is -0.147. The molecule has 1 atom stereocenters. The van der Waals surface area contributed by atoms with Gasteiger partial charge in [0.25, 0.3) is 11.8 Å². The van der Waals surface area contributed by atoms with Crippen LogP contribution in [-0.2, 0) is 14.3 Å². The van der Waals surface area contributed by atoms with Crippen LogP contribution in [0.1, 0.15) is 28.9 Å². The Kier molecular flexibility index (Phi) is 7.83. The third kappa shape index (κ3) is 5.99. The second kappa shape index (κ2) is 10.3. The third-order valence-electron chi connectivity index (χ3n) is 3.86. The quantitative estimate of drug-likeness (QED) is 0.659. The maximum Gasteiger partial charge on any atom is 0.325 e. The molecule has 0 aliphatic rings. The van der Waals surface area contributed by atoms with Gasteiger partial charge in [0.05, 0.1) is 18.7 Å². The number of carbonyl (C=O) groups is 3. The average molecular weight is 405 g/mol. The van der Waals surface area contributed by atoms with Gasteiger partial charge in [-0.1, -0.05) is 41.9 Å². The van der Waals surface area contributed by atoms with E-state index in [4.69, 9.17) is 21.1 Å². The molecule has 148 valence electrons. The summed E-state index contributed by atoms with van der Waals surface area (Å²) in [6, 6.07) is 13.4. The van der Waals surface area contributed by atoms with Crippen LogP contribution in [0.5, 0.6) is 5.75 Å². The first-order valence-corrected chi connectivity index (χ1v) is 8.90. The SMILES string of the molecule is COc1ccccc1C(=O)NCC(=O)OCC(=O)N[C@H](C)c1ccccc1Cl. The van der Waals surface area contributed by atoms with Crippen LogP contribution in [0.4, 0.5) is 0 Å². The monoisotopic (exact) mass is 404 g/mol. The van der Waals surface area contributed by atoms with Gasteiger partial charge >= 0.3 is 5.97 Å². The highest BCUT2D eigenvalue weighted by atomic mass is 35.5. The lowest BCUT2D eigenvalue weighted by atomic mass is 10.1. The molecule has 0 spiro atoms. The fourth-order valence-corrected chi connectivity index (χ4v) is 2.76. The van der Waals surface area contributed by atoms with E-state index in [1.54, 1.807) is 49.4 Å². The van der Waals surface area contributed by atoms with Crippen molar-refractivity contribution in [3.63, 3.8) is 0 Å². The first-order chi connectivity index (χ1) is 13.4. The Morgan fingerprint density at radius 2 is 1.75 bits per heavy atom. The summed E-state index contributed by atoms with van der Waals surface area (Å²) >= 11 is 6.09. The van der Waals surface area contributed by atoms with Crippen molar-refractivity contribution in [2.75, 3.05) is 20.3 Å². The van der Waals surface area contributed by atoms with Crippen molar-refractivity contribution in [1.82, 2.24) is 10.6 Å². The van der Waals surface area contributed by atoms with Gasteiger partial charge in [-0.05, 0) is 30.7 Å². The van der Waals surface area contributed by atoms with Crippen molar-refractivity contribution in [3.05, 3.63) is 64.7 Å². The molecule has 0 heterocycles. The summed E-state index contributed by atoms with van der Waals surface area (Å²) in [5, 5.41) is 5.66. The van der Waals surface area contributed by atoms with Crippen LogP contribution in [0.15, 0.2) is 48.5 Å². The van der Waals surface area contributed by atoms with E-state index in [9.17, 15) is 14.4 Å². The van der Waals surface area contributed by atoms with E-state index in [1.807, 2.05) is 6.07 Å². The Labute approximate surface area is 168 Å². The van der Waals surface area contributed by atoms with E-state index in [0.717, 1.165) is 5.56 Å². The van der Waals surface area contributed by atoms with Crippen LogP contribution in [0.3, 0.4) is 0 Å². The molecule has 2 rings (SSSR count). The van der Waals surface area contributed by atoms with E-state index in [-0.39, 0.29) is 12.6 Å². The number of benzene rings is 2. The smallest absolute Gasteiger partial charge is 0.325 e. The maximum absolute atomic E-state index is 12.1. The molecular weight excluding hydrogens is 384 g/mol. The molecule has 0 aromatic heterocycles. The van der Waals surface area contributed by atoms with Gasteiger partial charge < -0.3 is 20.1 Å². The van der Waals surface area contributed by atoms with E-state index < -0.39 is 24.4 Å². The first-order valence-electron chi connectivity index (χ1n) is 8.53. The second-order valence-corrected chi connectivity index (χ2v) is 6.26. The Balaban J connectivity index is 1.77. The van der Waals surface area contributed by atoms with Crippen LogP contribution in [0.25, 0.3) is 0 Å². The number of carbonyl (C=O) groups excluding carboxylic acids is 3. The van der Waals surface area contributed by atoms with Gasteiger partial charge in [-0.2, -0.15) is 0 Å². The summed E-state index contributed by atoms with van der Waals surface area (Å²) in [7, 11) is 1.45. The molecule has 7 nitrogen and oxygen atoms in total. The van der Waals surface area contributed by atoms with Crippen LogP contribution in [0, 0.1) is 0 Å². The number of halogens is 1. The molecule has 2 amide bonds. The molecule has 0 aliphatic heterocycles. The highest BCUT2D eigenvalue weighted by molar-refractivity contribution is 6.31. The Morgan fingerprint density at radius 1 is 1.07 bits per heavy atom. The van der Waals surface area contributed by atoms with Crippen molar-refractivity contribution in [1.29, 1.82) is 0 Å². The molecule has 8 heteroatoms. The average Bonchev–Trinajstić information content (AvgIpc) is 2.70. The Morgan fingerprint density at radius 3 is 2.46 bits per heavy atom. The molecule has 0 saturated heterocycles. The number of hydrogen-bond acceptors (Lipinski definition) is 5. The number of methoxy groups -OCH3 is 1. The molecule has 2 N–H and O–H groups in total. The molecule has 0 radical (unpaired) electrons. The van der Waals surface area contributed by atoms with Crippen molar-refractivity contribution in [3.8, 4) is 5.75 Å². The standard InChI is InChI=1S/C20H21ClN2O5/c1-13(14-7-3-5-9-16(14)21)23-18(24)12-28-19(25)11-22-20(26)15-8-4-6-10-17(15)27-2/h3-10,13H,11-12H2,1-2H3,(H,22,26)(H,23,24)/t13-/m1/s1. The number of nitrogens with one attached hydrogen (secondary N) is 2. The highest BCUT2D eigenvalue weighted by Crippen LogP contribution is 2.22. The van der Waals surface area contributed by atoms with Crippen LogP contribution >= 0.6 is 11.6 Å². The number of hydrogen-bond donors (Lipinski definition) is 2. The normalized spacial score (nSPS) is 11.2. The molecule has 28 heavy (non-hydrogen) atoms. The number of esters is 1. The van der Waals surface area contributed by atoms with Crippen molar-refractivity contribution < 1.29 is 23.9 Å². The fraction of sp³-hybridized carbons (Fsp3) is 0.250. The summed E-state index contributed by atoms with van der Waals surface area (Å²) < 4.78 is 9.98. The molecule has 0 unspecified atom stereocenters. The van der Waals surface area contributed by atoms with Crippen molar-refractivity contribution in [2.45, 2.75) is 13.0 Å². The van der Waals surface area contributed by atoms with Crippen LogP contribution in [-0.4, -0.2) is 38.0 Å². The summed E-state index contributed by atoms with van der Waals surface area (Å²) in [5.41, 5.74) is 1.05. The number of ether oxygens (including phenoxy) is 2. The minimum Gasteiger partial charge on any atom is -0.496 e. The molecule has 0 saturated carbocycles. The van der Waals surface area contributed by atoms with Gasteiger partial charge in [-0.3, -0.25) is 14.4 Å². The largest absolute Gasteiger partial charge is 0.496 e. The lowest BCUT2D eigenvalue weighted by Gasteiger charge is -2.15. The number of amides is 2. The minimum atomic E-state index is -0.733. The predicted octanol–water partition coefficient (Wildman–Crippen LogP) is 2.50. The first kappa shape index (κ1) is 21.2. The topological polar surface area (TPSA) is 93.7 Å². The van der Waals surface area contributed by atoms with Gasteiger partial charge in [0, 0.05) is 5.02 Å². The van der Waals surface area contributed by atoms with Gasteiger partial charge in [-0.15, -0.1) is 0 Å². The van der Waals surface area contributed by atoms with E-state index in [2.05, 4.69) is 10.6 Å². The van der Waals surface area contributed by atoms with E-state index in [1.165, 1.54) is 7.11 Å². The molecule has 2 aromatic rings. The summed E-state index contributed by atoms with van der Waals surface area (Å²) in [6.45, 7) is 0.941. The third-order valence-corrected chi connectivity index (χ3v) is 4.20. The lowest BCUT2D eigenvalue weighted by Crippen LogP contribution is -2.35. The summed E-state index contributed by atoms with van der Waals surface area (Å²) in [4.78, 5) is 35.8. The zero-order chi connectivity index (χ0) is 20.5. The van der Waals surface area contributed by atoms with Gasteiger partial charge in [0.1, 0.15) is 12.3 Å². The Hall–Kier alpha value is -3.06. The molecule has 0 aliphatic carbocycles.